The lowest BCUT2D eigenvalue weighted by Crippen LogP contribution is -1.92. The molecule has 0 aliphatic heterocycles. The van der Waals surface area contributed by atoms with E-state index in [0.29, 0.717) is 12.4 Å². The van der Waals surface area contributed by atoms with Gasteiger partial charge in [-0.1, -0.05) is 17.8 Å². The van der Waals surface area contributed by atoms with Gasteiger partial charge in [-0.25, -0.2) is 0 Å². The predicted molar refractivity (Wildman–Crippen MR) is 34.7 cm³/mol. The van der Waals surface area contributed by atoms with Crippen LogP contribution in [0.15, 0.2) is 17.2 Å². The van der Waals surface area contributed by atoms with Crippen molar-refractivity contribution in [2.75, 3.05) is 6.61 Å². The first-order valence-corrected chi connectivity index (χ1v) is 2.87. The number of ether oxygens (including phenoxy) is 1. The minimum absolute atomic E-state index is 0.192. The molecule has 1 rings (SSSR count). The third kappa shape index (κ3) is 1.58. The third-order valence-corrected chi connectivity index (χ3v) is 0.834. The van der Waals surface area contributed by atoms with E-state index in [0.717, 1.165) is 0 Å². The average Bonchev–Trinajstić information content (AvgIpc) is 2.31. The second kappa shape index (κ2) is 3.00. The van der Waals surface area contributed by atoms with E-state index in [1.54, 1.807) is 13.0 Å². The molecule has 0 spiro atoms. The SMILES string of the molecule is C=CCOc1nc(C)no1. The Kier molecular flexibility index (Phi) is 2.04. The standard InChI is InChI=1S/C6H8N2O2/c1-3-4-9-6-7-5(2)8-10-6/h3H,1,4H2,2H3. The molecule has 0 saturated carbocycles. The van der Waals surface area contributed by atoms with E-state index >= 15 is 0 Å². The van der Waals surface area contributed by atoms with E-state index < -0.39 is 0 Å². The molecule has 0 aliphatic rings. The lowest BCUT2D eigenvalue weighted by molar-refractivity contribution is 0.226. The quantitative estimate of drug-likeness (QED) is 0.586. The van der Waals surface area contributed by atoms with Gasteiger partial charge in [-0.3, -0.25) is 4.52 Å². The number of hydrogen-bond donors (Lipinski definition) is 0. The summed E-state index contributed by atoms with van der Waals surface area (Å²) < 4.78 is 9.55. The van der Waals surface area contributed by atoms with Crippen molar-refractivity contribution in [1.82, 2.24) is 10.1 Å². The molecular weight excluding hydrogens is 132 g/mol. The van der Waals surface area contributed by atoms with Crippen LogP contribution in [-0.2, 0) is 0 Å². The molecular formula is C6H8N2O2. The maximum Gasteiger partial charge on any atom is 0.417 e. The topological polar surface area (TPSA) is 48.2 Å². The lowest BCUT2D eigenvalue weighted by Gasteiger charge is -1.90. The molecule has 0 amide bonds. The Balaban J connectivity index is 2.49. The fourth-order valence-corrected chi connectivity index (χ4v) is 0.467. The van der Waals surface area contributed by atoms with E-state index in [4.69, 9.17) is 4.74 Å². The summed E-state index contributed by atoms with van der Waals surface area (Å²) in [5.41, 5.74) is 0. The van der Waals surface area contributed by atoms with Crippen molar-refractivity contribution in [3.63, 3.8) is 0 Å². The molecule has 0 aromatic carbocycles. The van der Waals surface area contributed by atoms with Crippen molar-refractivity contribution in [1.29, 1.82) is 0 Å². The maximum absolute atomic E-state index is 4.92. The summed E-state index contributed by atoms with van der Waals surface area (Å²) in [7, 11) is 0. The Bertz CT molecular complexity index is 219. The van der Waals surface area contributed by atoms with Gasteiger partial charge in [-0.2, -0.15) is 4.98 Å². The van der Waals surface area contributed by atoms with Gasteiger partial charge in [-0.05, 0) is 6.92 Å². The summed E-state index contributed by atoms with van der Waals surface area (Å²) in [6, 6.07) is 0. The highest BCUT2D eigenvalue weighted by atomic mass is 16.6. The number of nitrogens with zero attached hydrogens (tertiary/aromatic N) is 2. The molecule has 0 unspecified atom stereocenters. The van der Waals surface area contributed by atoms with Gasteiger partial charge < -0.3 is 4.74 Å². The second-order valence-electron chi connectivity index (χ2n) is 1.71. The van der Waals surface area contributed by atoms with Crippen LogP contribution in [0, 0.1) is 6.92 Å². The monoisotopic (exact) mass is 140 g/mol. The normalized spacial score (nSPS) is 9.30. The van der Waals surface area contributed by atoms with Gasteiger partial charge in [0.25, 0.3) is 0 Å². The highest BCUT2D eigenvalue weighted by Crippen LogP contribution is 2.04. The van der Waals surface area contributed by atoms with Crippen molar-refractivity contribution in [2.24, 2.45) is 0 Å². The summed E-state index contributed by atoms with van der Waals surface area (Å²) in [5, 5.41) is 3.52. The zero-order valence-electron chi connectivity index (χ0n) is 5.70. The Morgan fingerprint density at radius 3 is 3.10 bits per heavy atom. The summed E-state index contributed by atoms with van der Waals surface area (Å²) >= 11 is 0. The fourth-order valence-electron chi connectivity index (χ4n) is 0.467. The average molecular weight is 140 g/mol. The fraction of sp³-hybridized carbons (Fsp3) is 0.333. The molecule has 0 atom stereocenters. The first-order chi connectivity index (χ1) is 4.83. The van der Waals surface area contributed by atoms with Crippen LogP contribution in [0.1, 0.15) is 5.82 Å². The van der Waals surface area contributed by atoms with Crippen LogP contribution in [0.3, 0.4) is 0 Å². The van der Waals surface area contributed by atoms with E-state index in [-0.39, 0.29) is 6.08 Å². The first-order valence-electron chi connectivity index (χ1n) is 2.87. The Morgan fingerprint density at radius 2 is 2.60 bits per heavy atom. The molecule has 1 heterocycles. The predicted octanol–water partition coefficient (Wildman–Crippen LogP) is 0.943. The molecule has 4 nitrogen and oxygen atoms in total. The molecule has 1 aromatic rings. The van der Waals surface area contributed by atoms with Gasteiger partial charge in [0, 0.05) is 0 Å². The van der Waals surface area contributed by atoms with Crippen molar-refractivity contribution < 1.29 is 9.26 Å². The summed E-state index contributed by atoms with van der Waals surface area (Å²) in [4.78, 5) is 3.80. The number of aryl methyl sites for hydroxylation is 1. The van der Waals surface area contributed by atoms with E-state index in [1.165, 1.54) is 0 Å². The minimum atomic E-state index is 0.192. The van der Waals surface area contributed by atoms with Gasteiger partial charge in [0.1, 0.15) is 6.61 Å². The third-order valence-electron chi connectivity index (χ3n) is 0.834. The molecule has 10 heavy (non-hydrogen) atoms. The molecule has 0 bridgehead atoms. The molecule has 0 saturated heterocycles. The maximum atomic E-state index is 4.92. The van der Waals surface area contributed by atoms with Gasteiger partial charge in [-0.15, -0.1) is 0 Å². The molecule has 0 N–H and O–H groups in total. The lowest BCUT2D eigenvalue weighted by atomic mass is 10.7. The van der Waals surface area contributed by atoms with Crippen LogP contribution in [-0.4, -0.2) is 16.7 Å². The summed E-state index contributed by atoms with van der Waals surface area (Å²) in [5.74, 6) is 0.569. The zero-order chi connectivity index (χ0) is 7.40. The zero-order valence-corrected chi connectivity index (χ0v) is 5.70. The molecule has 0 fully saturated rings. The summed E-state index contributed by atoms with van der Waals surface area (Å²) in [6.07, 6.45) is 1.80. The Hall–Kier alpha value is -1.32. The molecule has 0 aliphatic carbocycles. The molecule has 54 valence electrons. The number of hydrogen-bond acceptors (Lipinski definition) is 4. The van der Waals surface area contributed by atoms with Crippen molar-refractivity contribution in [2.45, 2.75) is 6.92 Å². The van der Waals surface area contributed by atoms with Crippen LogP contribution in [0.4, 0.5) is 0 Å². The molecule has 1 aromatic heterocycles. The van der Waals surface area contributed by atoms with E-state index in [1.807, 2.05) is 0 Å². The van der Waals surface area contributed by atoms with Crippen LogP contribution >= 0.6 is 0 Å². The minimum Gasteiger partial charge on any atom is -0.445 e. The highest BCUT2D eigenvalue weighted by molar-refractivity contribution is 4.88. The van der Waals surface area contributed by atoms with Crippen LogP contribution < -0.4 is 4.74 Å². The van der Waals surface area contributed by atoms with Gasteiger partial charge in [0.2, 0.25) is 0 Å². The van der Waals surface area contributed by atoms with E-state index in [2.05, 4.69) is 21.2 Å². The number of aromatic nitrogens is 2. The smallest absolute Gasteiger partial charge is 0.417 e. The summed E-state index contributed by atoms with van der Waals surface area (Å²) in [6.45, 7) is 5.58. The van der Waals surface area contributed by atoms with E-state index in [9.17, 15) is 0 Å². The van der Waals surface area contributed by atoms with Gasteiger partial charge >= 0.3 is 6.08 Å². The largest absolute Gasteiger partial charge is 0.445 e. The highest BCUT2D eigenvalue weighted by Gasteiger charge is 1.99. The van der Waals surface area contributed by atoms with Crippen molar-refractivity contribution in [3.8, 4) is 6.08 Å². The Morgan fingerprint density at radius 1 is 1.80 bits per heavy atom. The number of rotatable bonds is 3. The van der Waals surface area contributed by atoms with Crippen LogP contribution in [0.5, 0.6) is 6.08 Å². The van der Waals surface area contributed by atoms with Crippen LogP contribution in [0.2, 0.25) is 0 Å². The van der Waals surface area contributed by atoms with Crippen LogP contribution in [0.25, 0.3) is 0 Å². The van der Waals surface area contributed by atoms with Gasteiger partial charge in [0.05, 0.1) is 0 Å². The first kappa shape index (κ1) is 6.80. The second-order valence-corrected chi connectivity index (χ2v) is 1.71. The Labute approximate surface area is 58.5 Å². The van der Waals surface area contributed by atoms with Crippen molar-refractivity contribution in [3.05, 3.63) is 18.5 Å². The molecule has 0 radical (unpaired) electrons. The van der Waals surface area contributed by atoms with Gasteiger partial charge in [0.15, 0.2) is 5.82 Å². The molecule has 4 heteroatoms. The van der Waals surface area contributed by atoms with Crippen molar-refractivity contribution >= 4 is 0 Å².